The first kappa shape index (κ1) is 19.7. The average Bonchev–Trinajstić information content (AvgIpc) is 3.35. The number of hydrogen-bond donors (Lipinski definition) is 0. The zero-order valence-electron chi connectivity index (χ0n) is 17.0. The number of carbonyl (C=O) groups excluding carboxylic acids is 2. The summed E-state index contributed by atoms with van der Waals surface area (Å²) in [6.07, 6.45) is 0. The molecule has 0 spiro atoms. The van der Waals surface area contributed by atoms with Gasteiger partial charge in [0.25, 0.3) is 0 Å². The van der Waals surface area contributed by atoms with Crippen molar-refractivity contribution in [3.63, 3.8) is 0 Å². The molecule has 1 aliphatic rings. The first-order valence-electron chi connectivity index (χ1n) is 9.91. The Labute approximate surface area is 176 Å². The van der Waals surface area contributed by atoms with E-state index in [4.69, 9.17) is 0 Å². The van der Waals surface area contributed by atoms with Crippen LogP contribution in [0.4, 0.5) is 0 Å². The lowest BCUT2D eigenvalue weighted by atomic mass is 9.79. The fourth-order valence-electron chi connectivity index (χ4n) is 4.30. The highest BCUT2D eigenvalue weighted by molar-refractivity contribution is 7.10. The van der Waals surface area contributed by atoms with E-state index in [1.807, 2.05) is 80.9 Å². The molecule has 1 aliphatic heterocycles. The normalized spacial score (nSPS) is 22.0. The van der Waals surface area contributed by atoms with Gasteiger partial charge in [-0.25, -0.2) is 0 Å². The maximum absolute atomic E-state index is 13.6. The molecule has 0 unspecified atom stereocenters. The second-order valence-corrected chi connectivity index (χ2v) is 8.97. The van der Waals surface area contributed by atoms with Gasteiger partial charge in [-0.2, -0.15) is 0 Å². The van der Waals surface area contributed by atoms with E-state index in [1.165, 1.54) is 0 Å². The number of Topliss-reactive ketones (excluding diaryl/α,β-unsaturated/α-hetero) is 2. The molecule has 1 fully saturated rings. The molecule has 0 bridgehead atoms. The van der Waals surface area contributed by atoms with Gasteiger partial charge in [0.2, 0.25) is 0 Å². The quantitative estimate of drug-likeness (QED) is 0.539. The molecular formula is C25H25NO2S. The zero-order chi connectivity index (χ0) is 20.5. The number of benzene rings is 2. The van der Waals surface area contributed by atoms with Crippen molar-refractivity contribution >= 4 is 22.9 Å². The van der Waals surface area contributed by atoms with Gasteiger partial charge in [0.1, 0.15) is 0 Å². The summed E-state index contributed by atoms with van der Waals surface area (Å²) in [5, 5.41) is 2.03. The largest absolute Gasteiger partial charge is 0.297 e. The Morgan fingerprint density at radius 2 is 1.41 bits per heavy atom. The third-order valence-electron chi connectivity index (χ3n) is 5.88. The fourth-order valence-corrected chi connectivity index (χ4v) is 5.24. The smallest absolute Gasteiger partial charge is 0.168 e. The van der Waals surface area contributed by atoms with Crippen molar-refractivity contribution in [2.75, 3.05) is 13.6 Å². The molecule has 0 radical (unpaired) electrons. The van der Waals surface area contributed by atoms with Crippen LogP contribution in [0.2, 0.25) is 0 Å². The molecule has 3 nitrogen and oxygen atoms in total. The highest BCUT2D eigenvalue weighted by Gasteiger charge is 2.48. The lowest BCUT2D eigenvalue weighted by Crippen LogP contribution is -2.30. The number of ketones is 2. The number of hydrogen-bond acceptors (Lipinski definition) is 4. The highest BCUT2D eigenvalue weighted by atomic mass is 32.1. The summed E-state index contributed by atoms with van der Waals surface area (Å²) in [4.78, 5) is 30.4. The molecular weight excluding hydrogens is 378 g/mol. The van der Waals surface area contributed by atoms with Crippen molar-refractivity contribution in [1.82, 2.24) is 4.90 Å². The van der Waals surface area contributed by atoms with Crippen molar-refractivity contribution < 1.29 is 9.59 Å². The van der Waals surface area contributed by atoms with Crippen LogP contribution < -0.4 is 0 Å². The van der Waals surface area contributed by atoms with Crippen LogP contribution >= 0.6 is 11.3 Å². The molecule has 3 atom stereocenters. The summed E-state index contributed by atoms with van der Waals surface area (Å²) in [6, 6.07) is 19.4. The Morgan fingerprint density at radius 1 is 0.862 bits per heavy atom. The van der Waals surface area contributed by atoms with Crippen LogP contribution in [0.1, 0.15) is 42.8 Å². The molecule has 1 saturated heterocycles. The van der Waals surface area contributed by atoms with Crippen LogP contribution in [-0.2, 0) is 0 Å². The second-order valence-electron chi connectivity index (χ2n) is 7.99. The standard InChI is InChI=1S/C25H25NO2S/c1-16-6-10-18(11-7-16)24(27)20-15-26(3)23(21-5-4-14-29-21)22(20)25(28)19-12-8-17(2)9-13-19/h4-14,20,22-23H,15H2,1-3H3/t20-,22-,23-/m1/s1. The Balaban J connectivity index is 1.74. The van der Waals surface area contributed by atoms with E-state index < -0.39 is 5.92 Å². The van der Waals surface area contributed by atoms with E-state index in [1.54, 1.807) is 11.3 Å². The van der Waals surface area contributed by atoms with Gasteiger partial charge in [-0.1, -0.05) is 65.7 Å². The predicted octanol–water partition coefficient (Wildman–Crippen LogP) is 5.35. The van der Waals surface area contributed by atoms with Crippen molar-refractivity contribution in [3.8, 4) is 0 Å². The summed E-state index contributed by atoms with van der Waals surface area (Å²) in [6.45, 7) is 4.60. The van der Waals surface area contributed by atoms with Gasteiger partial charge < -0.3 is 0 Å². The molecule has 0 amide bonds. The number of thiophene rings is 1. The van der Waals surface area contributed by atoms with Crippen LogP contribution in [0.5, 0.6) is 0 Å². The summed E-state index contributed by atoms with van der Waals surface area (Å²) in [5.74, 6) is -0.640. The van der Waals surface area contributed by atoms with Gasteiger partial charge in [0, 0.05) is 28.5 Å². The predicted molar refractivity (Wildman–Crippen MR) is 118 cm³/mol. The summed E-state index contributed by atoms with van der Waals surface area (Å²) in [5.41, 5.74) is 3.60. The molecule has 4 heteroatoms. The molecule has 148 valence electrons. The topological polar surface area (TPSA) is 37.4 Å². The van der Waals surface area contributed by atoms with Crippen LogP contribution in [0.25, 0.3) is 0 Å². The maximum atomic E-state index is 13.6. The van der Waals surface area contributed by atoms with Crippen molar-refractivity contribution in [1.29, 1.82) is 0 Å². The van der Waals surface area contributed by atoms with Gasteiger partial charge in [0.05, 0.1) is 12.0 Å². The molecule has 2 aromatic carbocycles. The van der Waals surface area contributed by atoms with E-state index in [2.05, 4.69) is 11.0 Å². The van der Waals surface area contributed by atoms with Gasteiger partial charge in [-0.3, -0.25) is 14.5 Å². The zero-order valence-corrected chi connectivity index (χ0v) is 17.8. The molecule has 0 aliphatic carbocycles. The van der Waals surface area contributed by atoms with E-state index in [9.17, 15) is 9.59 Å². The number of likely N-dealkylation sites (tertiary alicyclic amines) is 1. The lowest BCUT2D eigenvalue weighted by molar-refractivity contribution is 0.0786. The third kappa shape index (κ3) is 3.83. The fraction of sp³-hybridized carbons (Fsp3) is 0.280. The number of aryl methyl sites for hydroxylation is 2. The molecule has 0 N–H and O–H groups in total. The number of nitrogens with zero attached hydrogens (tertiary/aromatic N) is 1. The third-order valence-corrected chi connectivity index (χ3v) is 6.82. The molecule has 2 heterocycles. The van der Waals surface area contributed by atoms with Crippen molar-refractivity contribution in [2.45, 2.75) is 19.9 Å². The average molecular weight is 404 g/mol. The van der Waals surface area contributed by atoms with E-state index in [0.717, 1.165) is 16.0 Å². The highest BCUT2D eigenvalue weighted by Crippen LogP contribution is 2.44. The Kier molecular flexibility index (Phi) is 5.48. The summed E-state index contributed by atoms with van der Waals surface area (Å²) in [7, 11) is 2.02. The van der Waals surface area contributed by atoms with Crippen LogP contribution in [0, 0.1) is 25.7 Å². The monoisotopic (exact) mass is 403 g/mol. The molecule has 29 heavy (non-hydrogen) atoms. The minimum absolute atomic E-state index is 0.0539. The summed E-state index contributed by atoms with van der Waals surface area (Å²) < 4.78 is 0. The SMILES string of the molecule is Cc1ccc(C(=O)[C@H]2[C@@H](c3cccs3)N(C)C[C@H]2C(=O)c2ccc(C)cc2)cc1. The Bertz CT molecular complexity index is 1010. The van der Waals surface area contributed by atoms with Crippen LogP contribution in [0.3, 0.4) is 0 Å². The maximum Gasteiger partial charge on any atom is 0.168 e. The first-order chi connectivity index (χ1) is 14.0. The van der Waals surface area contributed by atoms with Crippen molar-refractivity contribution in [3.05, 3.63) is 93.2 Å². The second kappa shape index (κ2) is 8.05. The van der Waals surface area contributed by atoms with E-state index >= 15 is 0 Å². The van der Waals surface area contributed by atoms with Gasteiger partial charge in [0.15, 0.2) is 11.6 Å². The van der Waals surface area contributed by atoms with Crippen LogP contribution in [-0.4, -0.2) is 30.1 Å². The number of carbonyl (C=O) groups is 2. The van der Waals surface area contributed by atoms with Gasteiger partial charge >= 0.3 is 0 Å². The van der Waals surface area contributed by atoms with Crippen molar-refractivity contribution in [2.24, 2.45) is 11.8 Å². The molecule has 4 rings (SSSR count). The number of rotatable bonds is 5. The minimum atomic E-state index is -0.393. The summed E-state index contributed by atoms with van der Waals surface area (Å²) >= 11 is 1.65. The van der Waals surface area contributed by atoms with Crippen LogP contribution in [0.15, 0.2) is 66.0 Å². The molecule has 3 aromatic rings. The Hall–Kier alpha value is -2.56. The Morgan fingerprint density at radius 3 is 1.93 bits per heavy atom. The van der Waals surface area contributed by atoms with E-state index in [0.29, 0.717) is 17.7 Å². The lowest BCUT2D eigenvalue weighted by Gasteiger charge is -2.24. The van der Waals surface area contributed by atoms with Gasteiger partial charge in [-0.05, 0) is 32.3 Å². The minimum Gasteiger partial charge on any atom is -0.297 e. The van der Waals surface area contributed by atoms with Gasteiger partial charge in [-0.15, -0.1) is 11.3 Å². The first-order valence-corrected chi connectivity index (χ1v) is 10.8. The molecule has 1 aromatic heterocycles. The van der Waals surface area contributed by atoms with E-state index in [-0.39, 0.29) is 23.5 Å². The molecule has 0 saturated carbocycles.